The van der Waals surface area contributed by atoms with E-state index in [1.165, 1.54) is 0 Å². The molecule has 0 spiro atoms. The van der Waals surface area contributed by atoms with Crippen LogP contribution >= 0.6 is 23.2 Å². The molecule has 2 aromatic rings. The highest BCUT2D eigenvalue weighted by Crippen LogP contribution is 2.31. The van der Waals surface area contributed by atoms with Gasteiger partial charge in [0.1, 0.15) is 6.04 Å². The number of amides is 1. The maximum atomic E-state index is 13.1. The lowest BCUT2D eigenvalue weighted by molar-refractivity contribution is -0.122. The number of hydrogen-bond acceptors (Lipinski definition) is 5. The fraction of sp³-hybridized carbons (Fsp3) is 0.417. The molecule has 1 aliphatic rings. The summed E-state index contributed by atoms with van der Waals surface area (Å²) in [5, 5.41) is 10.4. The van der Waals surface area contributed by atoms with E-state index in [0.29, 0.717) is 58.3 Å². The Kier molecular flexibility index (Phi) is 8.65. The van der Waals surface area contributed by atoms with Crippen LogP contribution in [0.5, 0.6) is 11.5 Å². The van der Waals surface area contributed by atoms with Crippen molar-refractivity contribution in [3.05, 3.63) is 52.0 Å². The van der Waals surface area contributed by atoms with Gasteiger partial charge < -0.3 is 14.8 Å². The summed E-state index contributed by atoms with van der Waals surface area (Å²) in [6, 6.07) is 10.3. The summed E-state index contributed by atoms with van der Waals surface area (Å²) >= 11 is 12.5. The number of hydrazone groups is 1. The number of ether oxygens (including phenoxy) is 2. The number of rotatable bonds is 8. The smallest absolute Gasteiger partial charge is 0.248 e. The molecule has 1 aliphatic heterocycles. The average molecular weight is 478 g/mol. The van der Waals surface area contributed by atoms with E-state index in [4.69, 9.17) is 32.7 Å². The van der Waals surface area contributed by atoms with E-state index in [1.807, 2.05) is 0 Å². The minimum absolute atomic E-state index is 0.118. The van der Waals surface area contributed by atoms with Crippen LogP contribution in [0.25, 0.3) is 0 Å². The topological polar surface area (TPSA) is 63.2 Å². The minimum atomic E-state index is -0.386. The molecule has 0 bridgehead atoms. The molecule has 32 heavy (non-hydrogen) atoms. The number of nitrogens with one attached hydrogen (secondary N) is 1. The van der Waals surface area contributed by atoms with Gasteiger partial charge >= 0.3 is 0 Å². The minimum Gasteiger partial charge on any atom is -0.493 e. The van der Waals surface area contributed by atoms with Gasteiger partial charge in [0, 0.05) is 23.9 Å². The summed E-state index contributed by atoms with van der Waals surface area (Å²) in [5.74, 6) is 1.49. The third-order valence-corrected chi connectivity index (χ3v) is 5.77. The van der Waals surface area contributed by atoms with Crippen molar-refractivity contribution in [3.8, 4) is 11.5 Å². The van der Waals surface area contributed by atoms with Gasteiger partial charge in [0.15, 0.2) is 11.5 Å². The summed E-state index contributed by atoms with van der Waals surface area (Å²) in [4.78, 5) is 13.1. The van der Waals surface area contributed by atoms with Crippen molar-refractivity contribution < 1.29 is 14.3 Å². The predicted molar refractivity (Wildman–Crippen MR) is 130 cm³/mol. The van der Waals surface area contributed by atoms with Crippen LogP contribution in [-0.2, 0) is 4.79 Å². The summed E-state index contributed by atoms with van der Waals surface area (Å²) < 4.78 is 11.2. The van der Waals surface area contributed by atoms with E-state index in [2.05, 4.69) is 24.3 Å². The van der Waals surface area contributed by atoms with Crippen molar-refractivity contribution in [2.45, 2.75) is 39.2 Å². The molecule has 0 radical (unpaired) electrons. The monoisotopic (exact) mass is 477 g/mol. The summed E-state index contributed by atoms with van der Waals surface area (Å²) in [6.45, 7) is 5.39. The van der Waals surface area contributed by atoms with E-state index < -0.39 is 0 Å². The molecule has 6 nitrogen and oxygen atoms in total. The third kappa shape index (κ3) is 6.30. The molecular weight excluding hydrogens is 449 g/mol. The lowest BCUT2D eigenvalue weighted by atomic mass is 10.0. The van der Waals surface area contributed by atoms with Gasteiger partial charge in [-0.15, -0.1) is 0 Å². The highest BCUT2D eigenvalue weighted by atomic mass is 35.5. The SMILES string of the molecule is COc1ccc(NC(=O)C2CCCCN2N=Cc2c(Cl)cccc2Cl)cc1OCC(C)C. The number of piperidine rings is 1. The molecule has 1 atom stereocenters. The normalized spacial score (nSPS) is 16.4. The summed E-state index contributed by atoms with van der Waals surface area (Å²) in [5.41, 5.74) is 1.29. The number of hydrogen-bond donors (Lipinski definition) is 1. The van der Waals surface area contributed by atoms with Gasteiger partial charge in [-0.05, 0) is 49.4 Å². The molecule has 1 unspecified atom stereocenters. The molecule has 0 saturated carbocycles. The van der Waals surface area contributed by atoms with Crippen LogP contribution < -0.4 is 14.8 Å². The number of carbonyl (C=O) groups is 1. The zero-order chi connectivity index (χ0) is 23.1. The van der Waals surface area contributed by atoms with E-state index in [1.54, 1.807) is 54.7 Å². The standard InChI is InChI=1S/C24H29Cl2N3O3/c1-16(2)15-32-23-13-17(10-11-22(23)31-3)28-24(30)21-9-4-5-12-29(21)27-14-18-19(25)7-6-8-20(18)26/h6-8,10-11,13-14,16,21H,4-5,9,12,15H2,1-3H3,(H,28,30). The van der Waals surface area contributed by atoms with Crippen molar-refractivity contribution in [1.82, 2.24) is 5.01 Å². The van der Waals surface area contributed by atoms with Crippen LogP contribution in [0, 0.1) is 5.92 Å². The van der Waals surface area contributed by atoms with Gasteiger partial charge in [0.2, 0.25) is 5.91 Å². The molecule has 0 aromatic heterocycles. The van der Waals surface area contributed by atoms with Crippen molar-refractivity contribution in [3.63, 3.8) is 0 Å². The van der Waals surface area contributed by atoms with Crippen LogP contribution in [0.1, 0.15) is 38.7 Å². The average Bonchev–Trinajstić information content (AvgIpc) is 2.77. The Hall–Kier alpha value is -2.44. The lowest BCUT2D eigenvalue weighted by Crippen LogP contribution is -2.44. The maximum Gasteiger partial charge on any atom is 0.248 e. The fourth-order valence-electron chi connectivity index (χ4n) is 3.44. The molecule has 2 aromatic carbocycles. The Morgan fingerprint density at radius 2 is 1.97 bits per heavy atom. The van der Waals surface area contributed by atoms with Gasteiger partial charge in [-0.3, -0.25) is 9.80 Å². The number of nitrogens with zero attached hydrogens (tertiary/aromatic N) is 2. The Morgan fingerprint density at radius 3 is 2.66 bits per heavy atom. The summed E-state index contributed by atoms with van der Waals surface area (Å²) in [7, 11) is 1.60. The molecule has 8 heteroatoms. The second-order valence-corrected chi connectivity index (χ2v) is 8.93. The van der Waals surface area contributed by atoms with Gasteiger partial charge in [0.25, 0.3) is 0 Å². The van der Waals surface area contributed by atoms with Gasteiger partial charge in [-0.2, -0.15) is 5.10 Å². The Labute approximate surface area is 199 Å². The molecule has 1 amide bonds. The molecule has 3 rings (SSSR count). The molecule has 172 valence electrons. The lowest BCUT2D eigenvalue weighted by Gasteiger charge is -2.32. The molecule has 1 N–H and O–H groups in total. The van der Waals surface area contributed by atoms with Gasteiger partial charge in [-0.25, -0.2) is 0 Å². The van der Waals surface area contributed by atoms with Crippen molar-refractivity contribution in [1.29, 1.82) is 0 Å². The summed E-state index contributed by atoms with van der Waals surface area (Å²) in [6.07, 6.45) is 4.27. The molecule has 0 aliphatic carbocycles. The largest absolute Gasteiger partial charge is 0.493 e. The molecule has 1 heterocycles. The van der Waals surface area contributed by atoms with E-state index in [9.17, 15) is 4.79 Å². The zero-order valence-electron chi connectivity index (χ0n) is 18.6. The molecular formula is C24H29Cl2N3O3. The second-order valence-electron chi connectivity index (χ2n) is 8.11. The quantitative estimate of drug-likeness (QED) is 0.483. The number of halogens is 2. The highest BCUT2D eigenvalue weighted by molar-refractivity contribution is 6.38. The number of benzene rings is 2. The first-order chi connectivity index (χ1) is 15.4. The van der Waals surface area contributed by atoms with Crippen LogP contribution in [-0.4, -0.2) is 43.4 Å². The van der Waals surface area contributed by atoms with Gasteiger partial charge in [-0.1, -0.05) is 43.1 Å². The highest BCUT2D eigenvalue weighted by Gasteiger charge is 2.28. The van der Waals surface area contributed by atoms with Crippen molar-refractivity contribution >= 4 is 41.0 Å². The number of carbonyl (C=O) groups excluding carboxylic acids is 1. The van der Waals surface area contributed by atoms with Crippen molar-refractivity contribution in [2.75, 3.05) is 25.6 Å². The van der Waals surface area contributed by atoms with Crippen LogP contribution in [0.15, 0.2) is 41.5 Å². The molecule has 1 saturated heterocycles. The third-order valence-electron chi connectivity index (χ3n) is 5.12. The van der Waals surface area contributed by atoms with Crippen molar-refractivity contribution in [2.24, 2.45) is 11.0 Å². The maximum absolute atomic E-state index is 13.1. The van der Waals surface area contributed by atoms with E-state index in [-0.39, 0.29) is 11.9 Å². The molecule has 1 fully saturated rings. The predicted octanol–water partition coefficient (Wildman–Crippen LogP) is 5.86. The fourth-order valence-corrected chi connectivity index (χ4v) is 3.93. The number of methoxy groups -OCH3 is 1. The van der Waals surface area contributed by atoms with E-state index in [0.717, 1.165) is 12.8 Å². The Morgan fingerprint density at radius 1 is 1.22 bits per heavy atom. The first-order valence-electron chi connectivity index (χ1n) is 10.8. The van der Waals surface area contributed by atoms with Crippen LogP contribution in [0.3, 0.4) is 0 Å². The first kappa shape index (κ1) is 24.2. The van der Waals surface area contributed by atoms with E-state index >= 15 is 0 Å². The Bertz CT molecular complexity index is 945. The van der Waals surface area contributed by atoms with Crippen LogP contribution in [0.2, 0.25) is 10.0 Å². The zero-order valence-corrected chi connectivity index (χ0v) is 20.1. The number of anilines is 1. The second kappa shape index (κ2) is 11.4. The first-order valence-corrected chi connectivity index (χ1v) is 11.5. The Balaban J connectivity index is 1.74. The van der Waals surface area contributed by atoms with Crippen LogP contribution in [0.4, 0.5) is 5.69 Å². The van der Waals surface area contributed by atoms with Gasteiger partial charge in [0.05, 0.1) is 30.0 Å².